The van der Waals surface area contributed by atoms with Crippen LogP contribution in [0.1, 0.15) is 67.7 Å². The van der Waals surface area contributed by atoms with E-state index in [0.717, 1.165) is 24.0 Å². The Morgan fingerprint density at radius 2 is 1.24 bits per heavy atom. The normalized spacial score (nSPS) is 10.1. The van der Waals surface area contributed by atoms with E-state index < -0.39 is 0 Å². The zero-order valence-corrected chi connectivity index (χ0v) is 15.6. The van der Waals surface area contributed by atoms with Crippen molar-refractivity contribution in [2.24, 2.45) is 0 Å². The molecule has 0 N–H and O–H groups in total. The highest BCUT2D eigenvalue weighted by atomic mass is 14.0. The molecule has 0 heterocycles. The minimum atomic E-state index is 1.09. The molecule has 0 fully saturated rings. The molecule has 0 aliphatic heterocycles. The van der Waals surface area contributed by atoms with Crippen molar-refractivity contribution < 1.29 is 0 Å². The summed E-state index contributed by atoms with van der Waals surface area (Å²) in [6.45, 7) is 6.00. The summed E-state index contributed by atoms with van der Waals surface area (Å²) in [6.07, 6.45) is 11.7. The van der Waals surface area contributed by atoms with Gasteiger partial charge in [-0.2, -0.15) is 0 Å². The third-order valence-electron chi connectivity index (χ3n) is 4.45. The summed E-state index contributed by atoms with van der Waals surface area (Å²) in [4.78, 5) is 0. The molecule has 130 valence electrons. The maximum Gasteiger partial charge on any atom is 0.0249 e. The van der Waals surface area contributed by atoms with E-state index in [4.69, 9.17) is 0 Å². The zero-order chi connectivity index (χ0) is 17.7. The largest absolute Gasteiger partial charge is 0.103 e. The van der Waals surface area contributed by atoms with Crippen molar-refractivity contribution in [2.45, 2.75) is 58.3 Å². The number of hydrogen-bond acceptors (Lipinski definition) is 0. The van der Waals surface area contributed by atoms with Gasteiger partial charge in [0.2, 0.25) is 0 Å². The van der Waals surface area contributed by atoms with Crippen molar-refractivity contribution in [1.29, 1.82) is 0 Å². The number of rotatable bonds is 9. The van der Waals surface area contributed by atoms with Crippen molar-refractivity contribution in [2.75, 3.05) is 0 Å². The predicted molar refractivity (Wildman–Crippen MR) is 110 cm³/mol. The van der Waals surface area contributed by atoms with Crippen LogP contribution in [0.4, 0.5) is 0 Å². The van der Waals surface area contributed by atoms with Crippen LogP contribution >= 0.6 is 0 Å². The monoisotopic (exact) mass is 330 g/mol. The first-order valence-corrected chi connectivity index (χ1v) is 9.62. The Labute approximate surface area is 154 Å². The quantitative estimate of drug-likeness (QED) is 0.272. The number of aryl methyl sites for hydroxylation is 2. The molecule has 0 bridgehead atoms. The lowest BCUT2D eigenvalue weighted by Gasteiger charge is -2.01. The predicted octanol–water partition coefficient (Wildman–Crippen LogP) is 6.72. The molecule has 0 aliphatic rings. The van der Waals surface area contributed by atoms with Crippen molar-refractivity contribution in [1.82, 2.24) is 0 Å². The van der Waals surface area contributed by atoms with Crippen LogP contribution in [0.2, 0.25) is 0 Å². The second kappa shape index (κ2) is 11.3. The van der Waals surface area contributed by atoms with Crippen LogP contribution < -0.4 is 0 Å². The Hall–Kier alpha value is -2.26. The lowest BCUT2D eigenvalue weighted by Crippen LogP contribution is -1.86. The van der Waals surface area contributed by atoms with Crippen LogP contribution in [-0.4, -0.2) is 0 Å². The first kappa shape index (κ1) is 19.1. The molecule has 2 rings (SSSR count). The molecule has 0 saturated carbocycles. The zero-order valence-electron chi connectivity index (χ0n) is 15.6. The van der Waals surface area contributed by atoms with Crippen LogP contribution in [0.25, 0.3) is 0 Å². The average molecular weight is 331 g/mol. The second-order valence-electron chi connectivity index (χ2n) is 6.64. The van der Waals surface area contributed by atoms with Crippen molar-refractivity contribution in [3.8, 4) is 11.8 Å². The average Bonchev–Trinajstić information content (AvgIpc) is 2.66. The van der Waals surface area contributed by atoms with Crippen molar-refractivity contribution in [3.05, 3.63) is 83.4 Å². The minimum Gasteiger partial charge on any atom is -0.103 e. The standard InChI is InChI=1S/C25H30/c1-3-5-7-8-9-11-23-14-18-25(19-15-23)21-20-24-16-12-22(13-17-24)10-6-4-2/h3,12-19H,1,4-11H2,2H3. The van der Waals surface area contributed by atoms with Gasteiger partial charge in [0.1, 0.15) is 0 Å². The van der Waals surface area contributed by atoms with Crippen LogP contribution in [0.15, 0.2) is 61.2 Å². The fourth-order valence-corrected chi connectivity index (χ4v) is 2.83. The highest BCUT2D eigenvalue weighted by molar-refractivity contribution is 5.44. The first-order valence-electron chi connectivity index (χ1n) is 9.62. The Kier molecular flexibility index (Phi) is 8.64. The molecule has 2 aromatic rings. The van der Waals surface area contributed by atoms with E-state index in [-0.39, 0.29) is 0 Å². The lowest BCUT2D eigenvalue weighted by atomic mass is 10.0. The molecule has 0 amide bonds. The fourth-order valence-electron chi connectivity index (χ4n) is 2.83. The Morgan fingerprint density at radius 1 is 0.720 bits per heavy atom. The summed E-state index contributed by atoms with van der Waals surface area (Å²) in [5.41, 5.74) is 4.99. The molecule has 0 heteroatoms. The number of hydrogen-bond donors (Lipinski definition) is 0. The fraction of sp³-hybridized carbons (Fsp3) is 0.360. The van der Waals surface area contributed by atoms with Crippen molar-refractivity contribution >= 4 is 0 Å². The van der Waals surface area contributed by atoms with Gasteiger partial charge >= 0.3 is 0 Å². The molecule has 0 atom stereocenters. The lowest BCUT2D eigenvalue weighted by molar-refractivity contribution is 0.687. The number of allylic oxidation sites excluding steroid dienone is 1. The molecular weight excluding hydrogens is 300 g/mol. The van der Waals surface area contributed by atoms with Gasteiger partial charge in [-0.1, -0.05) is 61.9 Å². The van der Waals surface area contributed by atoms with Gasteiger partial charge in [0.05, 0.1) is 0 Å². The number of unbranched alkanes of at least 4 members (excludes halogenated alkanes) is 4. The van der Waals surface area contributed by atoms with E-state index in [1.807, 2.05) is 6.08 Å². The van der Waals surface area contributed by atoms with E-state index in [0.29, 0.717) is 0 Å². The molecule has 25 heavy (non-hydrogen) atoms. The molecular formula is C25H30. The minimum absolute atomic E-state index is 1.09. The summed E-state index contributed by atoms with van der Waals surface area (Å²) in [6, 6.07) is 17.4. The Bertz CT molecular complexity index is 678. The first-order chi connectivity index (χ1) is 12.3. The smallest absolute Gasteiger partial charge is 0.0249 e. The van der Waals surface area contributed by atoms with Gasteiger partial charge in [0.15, 0.2) is 0 Å². The van der Waals surface area contributed by atoms with E-state index >= 15 is 0 Å². The summed E-state index contributed by atoms with van der Waals surface area (Å²) >= 11 is 0. The van der Waals surface area contributed by atoms with E-state index in [2.05, 4.69) is 73.9 Å². The molecule has 0 aliphatic carbocycles. The summed E-state index contributed by atoms with van der Waals surface area (Å²) in [5, 5.41) is 0. The molecule has 0 aromatic heterocycles. The summed E-state index contributed by atoms with van der Waals surface area (Å²) in [7, 11) is 0. The maximum atomic E-state index is 3.77. The molecule has 0 radical (unpaired) electrons. The highest BCUT2D eigenvalue weighted by Gasteiger charge is 1.95. The van der Waals surface area contributed by atoms with E-state index in [1.54, 1.807) is 0 Å². The molecule has 2 aromatic carbocycles. The van der Waals surface area contributed by atoms with E-state index in [1.165, 1.54) is 49.7 Å². The topological polar surface area (TPSA) is 0 Å². The summed E-state index contributed by atoms with van der Waals surface area (Å²) in [5.74, 6) is 6.54. The van der Waals surface area contributed by atoms with Gasteiger partial charge in [-0.3, -0.25) is 0 Å². The van der Waals surface area contributed by atoms with Crippen LogP contribution in [0.5, 0.6) is 0 Å². The third kappa shape index (κ3) is 7.44. The van der Waals surface area contributed by atoms with Gasteiger partial charge in [-0.05, 0) is 73.9 Å². The Morgan fingerprint density at radius 3 is 1.72 bits per heavy atom. The van der Waals surface area contributed by atoms with Gasteiger partial charge in [-0.25, -0.2) is 0 Å². The van der Waals surface area contributed by atoms with Crippen LogP contribution in [0, 0.1) is 11.8 Å². The van der Waals surface area contributed by atoms with E-state index in [9.17, 15) is 0 Å². The number of benzene rings is 2. The maximum absolute atomic E-state index is 3.77. The molecule has 0 unspecified atom stereocenters. The van der Waals surface area contributed by atoms with Gasteiger partial charge in [0, 0.05) is 11.1 Å². The third-order valence-corrected chi connectivity index (χ3v) is 4.45. The van der Waals surface area contributed by atoms with Crippen LogP contribution in [0.3, 0.4) is 0 Å². The van der Waals surface area contributed by atoms with Crippen molar-refractivity contribution in [3.63, 3.8) is 0 Å². The van der Waals surface area contributed by atoms with Gasteiger partial charge in [-0.15, -0.1) is 6.58 Å². The SMILES string of the molecule is C=CCCCCCc1ccc(C#Cc2ccc(CCCC)cc2)cc1. The highest BCUT2D eigenvalue weighted by Crippen LogP contribution is 2.10. The summed E-state index contributed by atoms with van der Waals surface area (Å²) < 4.78 is 0. The van der Waals surface area contributed by atoms with Crippen LogP contribution in [-0.2, 0) is 12.8 Å². The molecule has 0 spiro atoms. The Balaban J connectivity index is 1.84. The van der Waals surface area contributed by atoms with Gasteiger partial charge in [0.25, 0.3) is 0 Å². The second-order valence-corrected chi connectivity index (χ2v) is 6.64. The molecule has 0 saturated heterocycles. The molecule has 0 nitrogen and oxygen atoms in total. The van der Waals surface area contributed by atoms with Gasteiger partial charge < -0.3 is 0 Å².